The topological polar surface area (TPSA) is 26.3 Å². The van der Waals surface area contributed by atoms with Crippen molar-refractivity contribution in [2.24, 2.45) is 0 Å². The summed E-state index contributed by atoms with van der Waals surface area (Å²) in [4.78, 5) is 11.1. The molecule has 0 bridgehead atoms. The summed E-state index contributed by atoms with van der Waals surface area (Å²) in [6, 6.07) is 2.46. The zero-order valence-corrected chi connectivity index (χ0v) is 8.94. The minimum absolute atomic E-state index is 0.0165. The zero-order chi connectivity index (χ0) is 11.6. The summed E-state index contributed by atoms with van der Waals surface area (Å²) in [7, 11) is 1.34. The van der Waals surface area contributed by atoms with Crippen molar-refractivity contribution in [3.8, 4) is 5.75 Å². The number of carbonyl (C=O) groups excluding carboxylic acids is 1. The van der Waals surface area contributed by atoms with E-state index in [1.807, 2.05) is 0 Å². The van der Waals surface area contributed by atoms with E-state index in [-0.39, 0.29) is 16.3 Å². The molecule has 2 nitrogen and oxygen atoms in total. The maximum absolute atomic E-state index is 12.6. The van der Waals surface area contributed by atoms with E-state index in [0.717, 1.165) is 6.07 Å². The van der Waals surface area contributed by atoms with E-state index in [9.17, 15) is 13.6 Å². The molecule has 0 aliphatic heterocycles. The van der Waals surface area contributed by atoms with Gasteiger partial charge in [0.1, 0.15) is 5.75 Å². The van der Waals surface area contributed by atoms with Crippen molar-refractivity contribution < 1.29 is 18.3 Å². The number of hydrogen-bond acceptors (Lipinski definition) is 2. The van der Waals surface area contributed by atoms with Gasteiger partial charge in [0.05, 0.1) is 12.1 Å². The molecule has 15 heavy (non-hydrogen) atoms. The van der Waals surface area contributed by atoms with E-state index in [1.165, 1.54) is 20.1 Å². The first-order valence-corrected chi connectivity index (χ1v) is 4.51. The van der Waals surface area contributed by atoms with E-state index in [1.54, 1.807) is 0 Å². The van der Waals surface area contributed by atoms with Crippen molar-refractivity contribution >= 4 is 17.4 Å². The lowest BCUT2D eigenvalue weighted by molar-refractivity contribution is 0.0999. The Morgan fingerprint density at radius 2 is 2.07 bits per heavy atom. The molecular formula is C10H9ClF2O2. The molecule has 0 heterocycles. The average molecular weight is 235 g/mol. The number of carbonyl (C=O) groups is 1. The Kier molecular flexibility index (Phi) is 3.63. The number of ether oxygens (including phenoxy) is 1. The molecule has 0 atom stereocenters. The molecule has 0 spiro atoms. The Hall–Kier alpha value is -1.16. The quantitative estimate of drug-likeness (QED) is 0.749. The van der Waals surface area contributed by atoms with Crippen LogP contribution in [0.2, 0.25) is 5.02 Å². The number of Topliss-reactive ketones (excluding diaryl/α,β-unsaturated/α-hetero) is 1. The van der Waals surface area contributed by atoms with Gasteiger partial charge in [-0.05, 0) is 19.1 Å². The molecule has 0 aliphatic rings. The fraction of sp³-hybridized carbons (Fsp3) is 0.300. The normalized spacial score (nSPS) is 10.5. The van der Waals surface area contributed by atoms with Crippen LogP contribution < -0.4 is 4.74 Å². The molecule has 0 aromatic heterocycles. The Balaban J connectivity index is 3.42. The highest BCUT2D eigenvalue weighted by Crippen LogP contribution is 2.33. The van der Waals surface area contributed by atoms with E-state index >= 15 is 0 Å². The highest BCUT2D eigenvalue weighted by molar-refractivity contribution is 6.34. The first kappa shape index (κ1) is 11.9. The molecular weight excluding hydrogens is 226 g/mol. The summed E-state index contributed by atoms with van der Waals surface area (Å²) >= 11 is 5.72. The van der Waals surface area contributed by atoms with Gasteiger partial charge in [-0.15, -0.1) is 0 Å². The minimum Gasteiger partial charge on any atom is -0.497 e. The van der Waals surface area contributed by atoms with Gasteiger partial charge in [0.25, 0.3) is 6.43 Å². The van der Waals surface area contributed by atoms with Gasteiger partial charge < -0.3 is 4.74 Å². The van der Waals surface area contributed by atoms with Gasteiger partial charge in [0, 0.05) is 11.1 Å². The third-order valence-electron chi connectivity index (χ3n) is 1.92. The number of methoxy groups -OCH3 is 1. The first-order valence-electron chi connectivity index (χ1n) is 4.14. The van der Waals surface area contributed by atoms with Crippen molar-refractivity contribution in [3.05, 3.63) is 28.3 Å². The summed E-state index contributed by atoms with van der Waals surface area (Å²) in [6.07, 6.45) is -2.75. The molecule has 0 saturated carbocycles. The van der Waals surface area contributed by atoms with Gasteiger partial charge in [-0.25, -0.2) is 8.78 Å². The van der Waals surface area contributed by atoms with Crippen LogP contribution in [0.4, 0.5) is 8.78 Å². The predicted octanol–water partition coefficient (Wildman–Crippen LogP) is 3.49. The van der Waals surface area contributed by atoms with Gasteiger partial charge in [0.15, 0.2) is 5.78 Å². The monoisotopic (exact) mass is 234 g/mol. The SMILES string of the molecule is COc1cc(Cl)c(C(C)=O)c(C(F)F)c1. The average Bonchev–Trinajstić information content (AvgIpc) is 2.15. The molecule has 1 aromatic rings. The third-order valence-corrected chi connectivity index (χ3v) is 2.22. The number of ketones is 1. The van der Waals surface area contributed by atoms with Gasteiger partial charge in [-0.2, -0.15) is 0 Å². The van der Waals surface area contributed by atoms with Crippen molar-refractivity contribution in [1.82, 2.24) is 0 Å². The van der Waals surface area contributed by atoms with Gasteiger partial charge >= 0.3 is 0 Å². The summed E-state index contributed by atoms with van der Waals surface area (Å²) in [5.74, 6) is -0.279. The largest absolute Gasteiger partial charge is 0.497 e. The van der Waals surface area contributed by atoms with Crippen LogP contribution in [0.25, 0.3) is 0 Å². The lowest BCUT2D eigenvalue weighted by Crippen LogP contribution is -2.02. The van der Waals surface area contributed by atoms with Crippen LogP contribution in [-0.4, -0.2) is 12.9 Å². The smallest absolute Gasteiger partial charge is 0.264 e. The number of alkyl halides is 2. The zero-order valence-electron chi connectivity index (χ0n) is 8.18. The van der Waals surface area contributed by atoms with Crippen LogP contribution in [0.5, 0.6) is 5.75 Å². The standard InChI is InChI=1S/C10H9ClF2O2/c1-5(14)9-7(10(12)13)3-6(15-2)4-8(9)11/h3-4,10H,1-2H3. The molecule has 1 aromatic carbocycles. The van der Waals surface area contributed by atoms with Gasteiger partial charge in [-0.1, -0.05) is 11.6 Å². The Bertz CT molecular complexity index is 391. The van der Waals surface area contributed by atoms with Gasteiger partial charge in [-0.3, -0.25) is 4.79 Å². The maximum Gasteiger partial charge on any atom is 0.264 e. The predicted molar refractivity (Wildman–Crippen MR) is 53.0 cm³/mol. The van der Waals surface area contributed by atoms with E-state index in [4.69, 9.17) is 16.3 Å². The molecule has 0 amide bonds. The maximum atomic E-state index is 12.6. The highest BCUT2D eigenvalue weighted by Gasteiger charge is 2.20. The Labute approximate surface area is 90.8 Å². The first-order chi connectivity index (χ1) is 6.97. The van der Waals surface area contributed by atoms with Crippen LogP contribution in [0.3, 0.4) is 0 Å². The molecule has 0 unspecified atom stereocenters. The molecule has 0 fully saturated rings. The molecule has 0 aliphatic carbocycles. The fourth-order valence-electron chi connectivity index (χ4n) is 1.26. The second-order valence-corrected chi connectivity index (χ2v) is 3.34. The number of halogens is 3. The summed E-state index contributed by atoms with van der Waals surface area (Å²) in [5.41, 5.74) is -0.542. The third kappa shape index (κ3) is 2.45. The Morgan fingerprint density at radius 3 is 2.47 bits per heavy atom. The molecule has 82 valence electrons. The second kappa shape index (κ2) is 4.57. The Morgan fingerprint density at radius 1 is 1.47 bits per heavy atom. The van der Waals surface area contributed by atoms with Crippen molar-refractivity contribution in [3.63, 3.8) is 0 Å². The molecule has 0 saturated heterocycles. The second-order valence-electron chi connectivity index (χ2n) is 2.93. The van der Waals surface area contributed by atoms with Crippen LogP contribution in [-0.2, 0) is 0 Å². The molecule has 0 N–H and O–H groups in total. The number of hydrogen-bond donors (Lipinski definition) is 0. The lowest BCUT2D eigenvalue weighted by Gasteiger charge is -2.10. The summed E-state index contributed by atoms with van der Waals surface area (Å²) in [5, 5.41) is -0.0165. The lowest BCUT2D eigenvalue weighted by atomic mass is 10.0. The van der Waals surface area contributed by atoms with Crippen LogP contribution >= 0.6 is 11.6 Å². The highest BCUT2D eigenvalue weighted by atomic mass is 35.5. The summed E-state index contributed by atoms with van der Waals surface area (Å²) < 4.78 is 30.0. The number of rotatable bonds is 3. The minimum atomic E-state index is -2.75. The molecule has 5 heteroatoms. The molecule has 1 rings (SSSR count). The van der Waals surface area contributed by atoms with E-state index < -0.39 is 17.8 Å². The summed E-state index contributed by atoms with van der Waals surface area (Å²) in [6.45, 7) is 1.19. The van der Waals surface area contributed by atoms with Gasteiger partial charge in [0.2, 0.25) is 0 Å². The fourth-order valence-corrected chi connectivity index (χ4v) is 1.61. The number of benzene rings is 1. The van der Waals surface area contributed by atoms with Crippen molar-refractivity contribution in [1.29, 1.82) is 0 Å². The van der Waals surface area contributed by atoms with E-state index in [0.29, 0.717) is 0 Å². The van der Waals surface area contributed by atoms with Crippen molar-refractivity contribution in [2.75, 3.05) is 7.11 Å². The van der Waals surface area contributed by atoms with Crippen LogP contribution in [0.15, 0.2) is 12.1 Å². The molecule has 0 radical (unpaired) electrons. The van der Waals surface area contributed by atoms with E-state index in [2.05, 4.69) is 0 Å². The van der Waals surface area contributed by atoms with Crippen LogP contribution in [0.1, 0.15) is 29.3 Å². The van der Waals surface area contributed by atoms with Crippen molar-refractivity contribution in [2.45, 2.75) is 13.3 Å². The van der Waals surface area contributed by atoms with Crippen LogP contribution in [0, 0.1) is 0 Å².